The van der Waals surface area contributed by atoms with E-state index in [1.807, 2.05) is 39.0 Å². The van der Waals surface area contributed by atoms with Crippen molar-refractivity contribution in [3.05, 3.63) is 34.9 Å². The highest BCUT2D eigenvalue weighted by Gasteiger charge is 2.20. The zero-order valence-electron chi connectivity index (χ0n) is 11.6. The summed E-state index contributed by atoms with van der Waals surface area (Å²) in [6.07, 6.45) is -0.446. The van der Waals surface area contributed by atoms with Crippen molar-refractivity contribution in [3.8, 4) is 0 Å². The molecule has 0 saturated heterocycles. The van der Waals surface area contributed by atoms with Gasteiger partial charge in [-0.05, 0) is 31.9 Å². The fourth-order valence-corrected chi connectivity index (χ4v) is 2.02. The van der Waals surface area contributed by atoms with E-state index in [1.54, 1.807) is 14.2 Å². The third-order valence-electron chi connectivity index (χ3n) is 2.94. The van der Waals surface area contributed by atoms with Crippen molar-refractivity contribution in [1.82, 2.24) is 5.32 Å². The summed E-state index contributed by atoms with van der Waals surface area (Å²) in [5.41, 5.74) is 2.65. The Morgan fingerprint density at radius 1 is 1.17 bits per heavy atom. The lowest BCUT2D eigenvalue weighted by Crippen LogP contribution is -2.43. The molecule has 0 saturated carbocycles. The molecule has 4 heteroatoms. The quantitative estimate of drug-likeness (QED) is 0.815. The van der Waals surface area contributed by atoms with Crippen molar-refractivity contribution < 1.29 is 14.3 Å². The van der Waals surface area contributed by atoms with Crippen LogP contribution in [0.25, 0.3) is 0 Å². The smallest absolute Gasteiger partial charge is 0.252 e. The zero-order valence-corrected chi connectivity index (χ0v) is 11.6. The Morgan fingerprint density at radius 2 is 1.67 bits per heavy atom. The average molecular weight is 251 g/mol. The average Bonchev–Trinajstić information content (AvgIpc) is 2.30. The highest BCUT2D eigenvalue weighted by atomic mass is 16.7. The SMILES string of the molecule is COC(OC)C(C)NC(=O)c1c(C)cccc1C. The number of aryl methyl sites for hydroxylation is 2. The van der Waals surface area contributed by atoms with Gasteiger partial charge in [-0.2, -0.15) is 0 Å². The molecule has 1 aromatic rings. The minimum absolute atomic E-state index is 0.0998. The van der Waals surface area contributed by atoms with Gasteiger partial charge in [0.1, 0.15) is 0 Å². The van der Waals surface area contributed by atoms with Gasteiger partial charge in [-0.3, -0.25) is 4.79 Å². The van der Waals surface area contributed by atoms with Crippen LogP contribution in [0.4, 0.5) is 0 Å². The van der Waals surface area contributed by atoms with Gasteiger partial charge < -0.3 is 14.8 Å². The lowest BCUT2D eigenvalue weighted by molar-refractivity contribution is -0.117. The van der Waals surface area contributed by atoms with Crippen LogP contribution in [0.15, 0.2) is 18.2 Å². The molecule has 0 fully saturated rings. The molecule has 0 aliphatic heterocycles. The van der Waals surface area contributed by atoms with Crippen LogP contribution in [0.1, 0.15) is 28.4 Å². The van der Waals surface area contributed by atoms with E-state index >= 15 is 0 Å². The van der Waals surface area contributed by atoms with Crippen LogP contribution < -0.4 is 5.32 Å². The maximum absolute atomic E-state index is 12.2. The van der Waals surface area contributed by atoms with E-state index in [1.165, 1.54) is 0 Å². The number of hydrogen-bond donors (Lipinski definition) is 1. The highest BCUT2D eigenvalue weighted by molar-refractivity contribution is 5.97. The van der Waals surface area contributed by atoms with Gasteiger partial charge in [-0.25, -0.2) is 0 Å². The summed E-state index contributed by atoms with van der Waals surface area (Å²) in [5, 5.41) is 2.89. The molecule has 0 bridgehead atoms. The van der Waals surface area contributed by atoms with Crippen LogP contribution in [0.2, 0.25) is 0 Å². The summed E-state index contributed by atoms with van der Waals surface area (Å²) in [6, 6.07) is 5.58. The van der Waals surface area contributed by atoms with E-state index in [0.717, 1.165) is 16.7 Å². The Balaban J connectivity index is 2.83. The first-order valence-electron chi connectivity index (χ1n) is 5.94. The van der Waals surface area contributed by atoms with E-state index < -0.39 is 6.29 Å². The molecule has 4 nitrogen and oxygen atoms in total. The first kappa shape index (κ1) is 14.7. The van der Waals surface area contributed by atoms with Gasteiger partial charge >= 0.3 is 0 Å². The molecular weight excluding hydrogens is 230 g/mol. The zero-order chi connectivity index (χ0) is 13.7. The van der Waals surface area contributed by atoms with Gasteiger partial charge in [-0.15, -0.1) is 0 Å². The van der Waals surface area contributed by atoms with Crippen LogP contribution in [0.5, 0.6) is 0 Å². The number of nitrogens with one attached hydrogen (secondary N) is 1. The van der Waals surface area contributed by atoms with Crippen LogP contribution >= 0.6 is 0 Å². The summed E-state index contributed by atoms with van der Waals surface area (Å²) in [7, 11) is 3.10. The second-order valence-electron chi connectivity index (χ2n) is 4.37. The van der Waals surface area contributed by atoms with Gasteiger partial charge in [0.05, 0.1) is 6.04 Å². The Hall–Kier alpha value is -1.39. The largest absolute Gasteiger partial charge is 0.354 e. The van der Waals surface area contributed by atoms with Crippen molar-refractivity contribution >= 4 is 5.91 Å². The summed E-state index contributed by atoms with van der Waals surface area (Å²) in [6.45, 7) is 5.70. The Bertz CT molecular complexity index is 393. The predicted molar refractivity (Wildman–Crippen MR) is 70.7 cm³/mol. The predicted octanol–water partition coefficient (Wildman–Crippen LogP) is 2.04. The van der Waals surface area contributed by atoms with Crippen LogP contribution in [0, 0.1) is 13.8 Å². The lowest BCUT2D eigenvalue weighted by atomic mass is 10.0. The first-order valence-corrected chi connectivity index (χ1v) is 5.94. The van der Waals surface area contributed by atoms with Crippen molar-refractivity contribution in [2.24, 2.45) is 0 Å². The molecule has 0 spiro atoms. The molecule has 1 rings (SSSR count). The standard InChI is InChI=1S/C14H21NO3/c1-9-7-6-8-10(2)12(9)13(16)15-11(3)14(17-4)18-5/h6-8,11,14H,1-5H3,(H,15,16). The summed E-state index contributed by atoms with van der Waals surface area (Å²) < 4.78 is 10.2. The van der Waals surface area contributed by atoms with Crippen molar-refractivity contribution in [2.75, 3.05) is 14.2 Å². The van der Waals surface area contributed by atoms with Gasteiger partial charge in [-0.1, -0.05) is 18.2 Å². The second-order valence-corrected chi connectivity index (χ2v) is 4.37. The molecule has 1 N–H and O–H groups in total. The minimum atomic E-state index is -0.446. The third-order valence-corrected chi connectivity index (χ3v) is 2.94. The Labute approximate surface area is 108 Å². The van der Waals surface area contributed by atoms with Gasteiger partial charge in [0.25, 0.3) is 5.91 Å². The second kappa shape index (κ2) is 6.52. The first-order chi connectivity index (χ1) is 8.51. The molecule has 18 heavy (non-hydrogen) atoms. The van der Waals surface area contributed by atoms with E-state index in [9.17, 15) is 4.79 Å². The lowest BCUT2D eigenvalue weighted by Gasteiger charge is -2.22. The van der Waals surface area contributed by atoms with Gasteiger partial charge in [0.15, 0.2) is 6.29 Å². The molecule has 0 aromatic heterocycles. The molecule has 0 radical (unpaired) electrons. The Morgan fingerprint density at radius 3 is 2.11 bits per heavy atom. The van der Waals surface area contributed by atoms with Crippen molar-refractivity contribution in [3.63, 3.8) is 0 Å². The van der Waals surface area contributed by atoms with E-state index in [0.29, 0.717) is 0 Å². The normalized spacial score (nSPS) is 12.6. The van der Waals surface area contributed by atoms with Crippen LogP contribution in [-0.2, 0) is 9.47 Å². The molecular formula is C14H21NO3. The number of benzene rings is 1. The highest BCUT2D eigenvalue weighted by Crippen LogP contribution is 2.13. The molecule has 0 aliphatic rings. The number of carbonyl (C=O) groups is 1. The number of ether oxygens (including phenoxy) is 2. The third kappa shape index (κ3) is 3.31. The minimum Gasteiger partial charge on any atom is -0.354 e. The maximum Gasteiger partial charge on any atom is 0.252 e. The number of methoxy groups -OCH3 is 2. The summed E-state index contributed by atoms with van der Waals surface area (Å²) in [5.74, 6) is -0.0998. The molecule has 0 aliphatic carbocycles. The van der Waals surface area contributed by atoms with E-state index in [2.05, 4.69) is 5.32 Å². The fourth-order valence-electron chi connectivity index (χ4n) is 2.02. The molecule has 1 unspecified atom stereocenters. The van der Waals surface area contributed by atoms with Gasteiger partial charge in [0.2, 0.25) is 0 Å². The molecule has 0 heterocycles. The molecule has 1 amide bonds. The van der Waals surface area contributed by atoms with E-state index in [4.69, 9.17) is 9.47 Å². The van der Waals surface area contributed by atoms with Gasteiger partial charge in [0, 0.05) is 19.8 Å². The Kier molecular flexibility index (Phi) is 5.31. The van der Waals surface area contributed by atoms with Crippen molar-refractivity contribution in [1.29, 1.82) is 0 Å². The monoisotopic (exact) mass is 251 g/mol. The van der Waals surface area contributed by atoms with Crippen LogP contribution in [-0.4, -0.2) is 32.5 Å². The van der Waals surface area contributed by atoms with Crippen molar-refractivity contribution in [2.45, 2.75) is 33.1 Å². The molecule has 1 aromatic carbocycles. The topological polar surface area (TPSA) is 47.6 Å². The maximum atomic E-state index is 12.2. The summed E-state index contributed by atoms with van der Waals surface area (Å²) in [4.78, 5) is 12.2. The number of carbonyl (C=O) groups excluding carboxylic acids is 1. The number of hydrogen-bond acceptors (Lipinski definition) is 3. The summed E-state index contributed by atoms with van der Waals surface area (Å²) >= 11 is 0. The molecule has 1 atom stereocenters. The molecule has 100 valence electrons. The van der Waals surface area contributed by atoms with Crippen LogP contribution in [0.3, 0.4) is 0 Å². The fraction of sp³-hybridized carbons (Fsp3) is 0.500. The number of rotatable bonds is 5. The van der Waals surface area contributed by atoms with E-state index in [-0.39, 0.29) is 11.9 Å². The number of amides is 1.